The van der Waals surface area contributed by atoms with Crippen LogP contribution in [0.3, 0.4) is 0 Å². The van der Waals surface area contributed by atoms with Gasteiger partial charge < -0.3 is 26.0 Å². The number of rotatable bonds is 3. The number of aromatic nitrogens is 2. The van der Waals surface area contributed by atoms with Crippen LogP contribution in [0.2, 0.25) is 0 Å². The van der Waals surface area contributed by atoms with Gasteiger partial charge in [0.05, 0.1) is 17.4 Å². The maximum atomic E-state index is 12.9. The van der Waals surface area contributed by atoms with Crippen molar-refractivity contribution in [1.29, 1.82) is 0 Å². The Morgan fingerprint density at radius 2 is 2.12 bits per heavy atom. The highest BCUT2D eigenvalue weighted by Crippen LogP contribution is 2.34. The molecule has 0 radical (unpaired) electrons. The molecule has 1 amide bonds. The lowest BCUT2D eigenvalue weighted by molar-refractivity contribution is 0.0920. The molecule has 2 aromatic heterocycles. The van der Waals surface area contributed by atoms with E-state index in [1.54, 1.807) is 6.20 Å². The van der Waals surface area contributed by atoms with E-state index in [9.17, 15) is 4.79 Å². The number of aryl methyl sites for hydroxylation is 1. The normalized spacial score (nSPS) is 24.3. The molecule has 0 aliphatic carbocycles. The molecule has 3 aliphatic heterocycles. The number of piperazine rings is 1. The number of benzene rings is 1. The minimum Gasteiger partial charge on any atom is -0.491 e. The van der Waals surface area contributed by atoms with Crippen molar-refractivity contribution in [3.63, 3.8) is 0 Å². The van der Waals surface area contributed by atoms with Gasteiger partial charge in [0.2, 0.25) is 0 Å². The zero-order chi connectivity index (χ0) is 21.8. The molecule has 5 heterocycles. The number of nitrogens with one attached hydrogen (secondary N) is 2. The minimum atomic E-state index is -0.199. The number of carbonyl (C=O) groups excluding carboxylic acids is 1. The van der Waals surface area contributed by atoms with Crippen molar-refractivity contribution >= 4 is 39.0 Å². The number of ether oxygens (including phenoxy) is 1. The van der Waals surface area contributed by atoms with Crippen molar-refractivity contribution in [2.75, 3.05) is 30.3 Å². The van der Waals surface area contributed by atoms with Gasteiger partial charge in [-0.3, -0.25) is 4.79 Å². The van der Waals surface area contributed by atoms with Crippen LogP contribution >= 0.6 is 11.3 Å². The van der Waals surface area contributed by atoms with Gasteiger partial charge in [0.1, 0.15) is 27.6 Å². The van der Waals surface area contributed by atoms with Crippen molar-refractivity contribution in [3.8, 4) is 5.75 Å². The van der Waals surface area contributed by atoms with Gasteiger partial charge in [0.25, 0.3) is 5.91 Å². The highest BCUT2D eigenvalue weighted by Gasteiger charge is 2.33. The summed E-state index contributed by atoms with van der Waals surface area (Å²) in [7, 11) is 0. The summed E-state index contributed by atoms with van der Waals surface area (Å²) in [5.41, 5.74) is 10.3. The number of hydrogen-bond donors (Lipinski definition) is 3. The van der Waals surface area contributed by atoms with E-state index >= 15 is 0 Å². The van der Waals surface area contributed by atoms with Crippen LogP contribution in [0.4, 0.5) is 11.4 Å². The fraction of sp³-hybridized carbons (Fsp3) is 0.435. The lowest BCUT2D eigenvalue weighted by Crippen LogP contribution is -2.51. The first kappa shape index (κ1) is 19.8. The predicted molar refractivity (Wildman–Crippen MR) is 126 cm³/mol. The number of amides is 1. The monoisotopic (exact) mass is 450 g/mol. The molecule has 1 aromatic carbocycles. The largest absolute Gasteiger partial charge is 0.491 e. The van der Waals surface area contributed by atoms with E-state index in [-0.39, 0.29) is 11.9 Å². The van der Waals surface area contributed by atoms with Crippen LogP contribution in [0.5, 0.6) is 5.75 Å². The maximum absolute atomic E-state index is 12.9. The smallest absolute Gasteiger partial charge is 0.263 e. The Labute approximate surface area is 190 Å². The van der Waals surface area contributed by atoms with Crippen LogP contribution in [-0.2, 0) is 6.42 Å². The quantitative estimate of drug-likeness (QED) is 0.562. The molecule has 0 spiro atoms. The number of thiophene rings is 1. The summed E-state index contributed by atoms with van der Waals surface area (Å²) >= 11 is 1.28. The molecule has 3 atom stereocenters. The SMILES string of the molecule is Cc1cnc2c(N)c(C(=O)N[C@H]3COc4cc(N5CC6CCC(C5)N6)ccc4C3)sc2n1. The first-order valence-electron chi connectivity index (χ1n) is 11.1. The fourth-order valence-electron chi connectivity index (χ4n) is 5.05. The van der Waals surface area contributed by atoms with Crippen LogP contribution in [-0.4, -0.2) is 53.7 Å². The molecular weight excluding hydrogens is 424 g/mol. The maximum Gasteiger partial charge on any atom is 0.263 e. The molecule has 9 heteroatoms. The molecule has 2 bridgehead atoms. The Bertz CT molecular complexity index is 1200. The third-order valence-electron chi connectivity index (χ3n) is 6.64. The molecule has 2 fully saturated rings. The van der Waals surface area contributed by atoms with Gasteiger partial charge in [-0.1, -0.05) is 6.07 Å². The van der Waals surface area contributed by atoms with Crippen LogP contribution in [0.1, 0.15) is 33.8 Å². The average Bonchev–Trinajstić information content (AvgIpc) is 3.30. The van der Waals surface area contributed by atoms with E-state index in [1.807, 2.05) is 6.92 Å². The number of anilines is 2. The van der Waals surface area contributed by atoms with Gasteiger partial charge in [0, 0.05) is 43.1 Å². The van der Waals surface area contributed by atoms with E-state index in [0.29, 0.717) is 39.6 Å². The lowest BCUT2D eigenvalue weighted by Gasteiger charge is -2.35. The molecule has 8 nitrogen and oxygen atoms in total. The molecule has 4 N–H and O–H groups in total. The topological polar surface area (TPSA) is 105 Å². The van der Waals surface area contributed by atoms with E-state index in [2.05, 4.69) is 43.7 Å². The Balaban J connectivity index is 1.16. The van der Waals surface area contributed by atoms with Crippen molar-refractivity contribution in [1.82, 2.24) is 20.6 Å². The standard InChI is InChI=1S/C23H26N6O2S/c1-12-8-25-20-19(24)21(32-23(20)26-12)22(30)28-16-6-13-2-5-17(7-18(13)31-11-16)29-9-14-3-4-15(10-29)27-14/h2,5,7-8,14-16,27H,3-4,6,9-11,24H2,1H3,(H,28,30)/t14?,15?,16-/m1/s1. The van der Waals surface area contributed by atoms with Gasteiger partial charge in [-0.05, 0) is 37.8 Å². The van der Waals surface area contributed by atoms with Gasteiger partial charge in [-0.15, -0.1) is 11.3 Å². The summed E-state index contributed by atoms with van der Waals surface area (Å²) in [5.74, 6) is 0.721. The first-order valence-corrected chi connectivity index (χ1v) is 11.9. The van der Waals surface area contributed by atoms with E-state index in [1.165, 1.54) is 29.9 Å². The van der Waals surface area contributed by atoms with E-state index < -0.39 is 0 Å². The van der Waals surface area contributed by atoms with Gasteiger partial charge in [-0.2, -0.15) is 0 Å². The molecule has 0 saturated carbocycles. The number of hydrogen-bond acceptors (Lipinski definition) is 8. The Morgan fingerprint density at radius 3 is 2.94 bits per heavy atom. The van der Waals surface area contributed by atoms with Crippen molar-refractivity contribution in [2.45, 2.75) is 44.3 Å². The Kier molecular flexibility index (Phi) is 4.69. The molecular formula is C23H26N6O2S. The van der Waals surface area contributed by atoms with Crippen LogP contribution in [0.15, 0.2) is 24.4 Å². The van der Waals surface area contributed by atoms with Crippen LogP contribution < -0.4 is 26.0 Å². The zero-order valence-corrected chi connectivity index (χ0v) is 18.7. The highest BCUT2D eigenvalue weighted by atomic mass is 32.1. The zero-order valence-electron chi connectivity index (χ0n) is 17.9. The second-order valence-corrected chi connectivity index (χ2v) is 10.0. The minimum absolute atomic E-state index is 0.108. The summed E-state index contributed by atoms with van der Waals surface area (Å²) in [6.45, 7) is 4.41. The second-order valence-electron chi connectivity index (χ2n) is 9.03. The fourth-order valence-corrected chi connectivity index (χ4v) is 6.05. The van der Waals surface area contributed by atoms with E-state index in [4.69, 9.17) is 10.5 Å². The summed E-state index contributed by atoms with van der Waals surface area (Å²) in [6.07, 6.45) is 4.92. The highest BCUT2D eigenvalue weighted by molar-refractivity contribution is 7.21. The number of fused-ring (bicyclic) bond motifs is 4. The van der Waals surface area contributed by atoms with Crippen LogP contribution in [0.25, 0.3) is 10.3 Å². The number of nitrogen functional groups attached to an aromatic ring is 1. The third-order valence-corrected chi connectivity index (χ3v) is 7.73. The van der Waals surface area contributed by atoms with Crippen LogP contribution in [0, 0.1) is 6.92 Å². The summed E-state index contributed by atoms with van der Waals surface area (Å²) in [6, 6.07) is 7.56. The predicted octanol–water partition coefficient (Wildman–Crippen LogP) is 2.26. The number of carbonyl (C=O) groups is 1. The first-order chi connectivity index (χ1) is 15.5. The number of nitrogens with two attached hydrogens (primary N) is 1. The van der Waals surface area contributed by atoms with Crippen molar-refractivity contribution < 1.29 is 9.53 Å². The number of nitrogens with zero attached hydrogens (tertiary/aromatic N) is 3. The molecule has 166 valence electrons. The Hall–Kier alpha value is -2.91. The summed E-state index contributed by atoms with van der Waals surface area (Å²) in [4.78, 5) is 25.3. The Morgan fingerprint density at radius 1 is 1.31 bits per heavy atom. The summed E-state index contributed by atoms with van der Waals surface area (Å²) < 4.78 is 6.07. The average molecular weight is 451 g/mol. The third kappa shape index (κ3) is 3.45. The van der Waals surface area contributed by atoms with Crippen molar-refractivity contribution in [2.24, 2.45) is 0 Å². The van der Waals surface area contributed by atoms with E-state index in [0.717, 1.165) is 36.5 Å². The second kappa shape index (κ2) is 7.60. The molecule has 32 heavy (non-hydrogen) atoms. The molecule has 3 aliphatic rings. The van der Waals surface area contributed by atoms with Gasteiger partial charge >= 0.3 is 0 Å². The lowest BCUT2D eigenvalue weighted by atomic mass is 10.0. The molecule has 6 rings (SSSR count). The molecule has 2 unspecified atom stereocenters. The molecule has 2 saturated heterocycles. The van der Waals surface area contributed by atoms with Gasteiger partial charge in [0.15, 0.2) is 0 Å². The van der Waals surface area contributed by atoms with Crippen molar-refractivity contribution in [3.05, 3.63) is 40.5 Å². The molecule has 3 aromatic rings. The van der Waals surface area contributed by atoms with Gasteiger partial charge in [-0.25, -0.2) is 9.97 Å². The summed E-state index contributed by atoms with van der Waals surface area (Å²) in [5, 5.41) is 6.76.